The first-order chi connectivity index (χ1) is 11.7. The number of aromatic nitrogens is 1. The molecule has 1 fully saturated rings. The molecule has 1 aromatic heterocycles. The van der Waals surface area contributed by atoms with Gasteiger partial charge >= 0.3 is 5.97 Å². The van der Waals surface area contributed by atoms with Gasteiger partial charge in [0.05, 0.1) is 5.69 Å². The molecule has 5 heteroatoms. The van der Waals surface area contributed by atoms with Crippen LogP contribution in [0.25, 0.3) is 0 Å². The minimum atomic E-state index is -0.778. The molecule has 0 saturated carbocycles. The Morgan fingerprint density at radius 3 is 2.54 bits per heavy atom. The molecular weight excluding hydrogens is 302 g/mol. The van der Waals surface area contributed by atoms with Crippen molar-refractivity contribution in [3.05, 3.63) is 66.0 Å². The average Bonchev–Trinajstić information content (AvgIpc) is 2.82. The zero-order valence-corrected chi connectivity index (χ0v) is 13.7. The quantitative estimate of drug-likeness (QED) is 0.915. The van der Waals surface area contributed by atoms with E-state index in [1.807, 2.05) is 54.7 Å². The fraction of sp³-hybridized carbons (Fsp3) is 0.368. The summed E-state index contributed by atoms with van der Waals surface area (Å²) >= 11 is 0. The van der Waals surface area contributed by atoms with Crippen LogP contribution in [-0.4, -0.2) is 52.0 Å². The van der Waals surface area contributed by atoms with Gasteiger partial charge in [0.15, 0.2) is 0 Å². The van der Waals surface area contributed by atoms with Gasteiger partial charge in [-0.05, 0) is 30.7 Å². The highest BCUT2D eigenvalue weighted by molar-refractivity contribution is 5.75. The molecule has 5 nitrogen and oxygen atoms in total. The van der Waals surface area contributed by atoms with Crippen LogP contribution in [0, 0.1) is 0 Å². The molecule has 2 aromatic rings. The molecule has 0 bridgehead atoms. The molecule has 1 aromatic carbocycles. The number of nitrogens with zero attached hydrogens (tertiary/aromatic N) is 3. The Hall–Kier alpha value is -2.24. The van der Waals surface area contributed by atoms with Gasteiger partial charge in [-0.2, -0.15) is 0 Å². The first kappa shape index (κ1) is 16.6. The number of pyridine rings is 1. The van der Waals surface area contributed by atoms with Crippen molar-refractivity contribution in [1.82, 2.24) is 14.8 Å². The van der Waals surface area contributed by atoms with E-state index >= 15 is 0 Å². The summed E-state index contributed by atoms with van der Waals surface area (Å²) in [6.07, 6.45) is 2.78. The van der Waals surface area contributed by atoms with Crippen molar-refractivity contribution in [2.45, 2.75) is 19.0 Å². The number of aliphatic carboxylic acids is 1. The van der Waals surface area contributed by atoms with Gasteiger partial charge in [0.1, 0.15) is 6.04 Å². The van der Waals surface area contributed by atoms with Crippen molar-refractivity contribution in [1.29, 1.82) is 0 Å². The molecule has 24 heavy (non-hydrogen) atoms. The van der Waals surface area contributed by atoms with Gasteiger partial charge < -0.3 is 5.11 Å². The van der Waals surface area contributed by atoms with Crippen LogP contribution in [0.1, 0.15) is 23.7 Å². The maximum atomic E-state index is 11.8. The summed E-state index contributed by atoms with van der Waals surface area (Å²) in [4.78, 5) is 20.6. The van der Waals surface area contributed by atoms with E-state index in [1.165, 1.54) is 0 Å². The van der Waals surface area contributed by atoms with Crippen LogP contribution in [0.5, 0.6) is 0 Å². The number of carboxylic acid groups (broad SMARTS) is 1. The van der Waals surface area contributed by atoms with E-state index in [9.17, 15) is 9.90 Å². The highest BCUT2D eigenvalue weighted by Gasteiger charge is 2.28. The third-order valence-electron chi connectivity index (χ3n) is 4.45. The molecular formula is C19H23N3O2. The van der Waals surface area contributed by atoms with Crippen molar-refractivity contribution >= 4 is 5.97 Å². The maximum absolute atomic E-state index is 11.8. The highest BCUT2D eigenvalue weighted by Crippen LogP contribution is 2.22. The molecule has 1 N–H and O–H groups in total. The molecule has 1 aliphatic heterocycles. The van der Waals surface area contributed by atoms with Crippen molar-refractivity contribution in [2.75, 3.05) is 26.2 Å². The third kappa shape index (κ3) is 4.19. The molecule has 0 spiro atoms. The summed E-state index contributed by atoms with van der Waals surface area (Å²) in [5.41, 5.74) is 1.91. The molecule has 1 aliphatic rings. The number of rotatable bonds is 5. The van der Waals surface area contributed by atoms with Gasteiger partial charge in [0.2, 0.25) is 0 Å². The molecule has 1 saturated heterocycles. The van der Waals surface area contributed by atoms with Gasteiger partial charge in [-0.25, -0.2) is 0 Å². The zero-order valence-electron chi connectivity index (χ0n) is 13.7. The summed E-state index contributed by atoms with van der Waals surface area (Å²) in [5.74, 6) is -0.778. The smallest absolute Gasteiger partial charge is 0.325 e. The van der Waals surface area contributed by atoms with Crippen LogP contribution in [0.3, 0.4) is 0 Å². The summed E-state index contributed by atoms with van der Waals surface area (Å²) in [7, 11) is 0. The predicted octanol–water partition coefficient (Wildman–Crippen LogP) is 2.42. The van der Waals surface area contributed by atoms with Crippen molar-refractivity contribution in [3.8, 4) is 0 Å². The van der Waals surface area contributed by atoms with Crippen LogP contribution in [-0.2, 0) is 11.3 Å². The number of carboxylic acids is 1. The molecule has 1 atom stereocenters. The van der Waals surface area contributed by atoms with E-state index in [2.05, 4.69) is 14.8 Å². The van der Waals surface area contributed by atoms with Crippen molar-refractivity contribution in [3.63, 3.8) is 0 Å². The zero-order chi connectivity index (χ0) is 16.8. The second kappa shape index (κ2) is 8.04. The number of carbonyl (C=O) groups is 1. The monoisotopic (exact) mass is 325 g/mol. The SMILES string of the molecule is O=C(O)[C@H](c1ccccc1)N1CCCN(Cc2ccccn2)CC1. The van der Waals surface area contributed by atoms with Crippen molar-refractivity contribution < 1.29 is 9.90 Å². The Bertz CT molecular complexity index is 648. The largest absolute Gasteiger partial charge is 0.480 e. The van der Waals surface area contributed by atoms with Crippen LogP contribution < -0.4 is 0 Å². The summed E-state index contributed by atoms with van der Waals surface area (Å²) < 4.78 is 0. The summed E-state index contributed by atoms with van der Waals surface area (Å²) in [6.45, 7) is 4.18. The van der Waals surface area contributed by atoms with Crippen LogP contribution in [0.2, 0.25) is 0 Å². The second-order valence-corrected chi connectivity index (χ2v) is 6.14. The Balaban J connectivity index is 1.66. The second-order valence-electron chi connectivity index (χ2n) is 6.14. The van der Waals surface area contributed by atoms with E-state index in [1.54, 1.807) is 0 Å². The molecule has 0 radical (unpaired) electrons. The van der Waals surface area contributed by atoms with E-state index in [-0.39, 0.29) is 0 Å². The van der Waals surface area contributed by atoms with Gasteiger partial charge in [0, 0.05) is 32.4 Å². The lowest BCUT2D eigenvalue weighted by molar-refractivity contribution is -0.143. The summed E-state index contributed by atoms with van der Waals surface area (Å²) in [5, 5.41) is 9.71. The Morgan fingerprint density at radius 1 is 1.04 bits per heavy atom. The molecule has 0 aliphatic carbocycles. The van der Waals surface area contributed by atoms with Gasteiger partial charge in [-0.15, -0.1) is 0 Å². The predicted molar refractivity (Wildman–Crippen MR) is 92.5 cm³/mol. The Morgan fingerprint density at radius 2 is 1.83 bits per heavy atom. The van der Waals surface area contributed by atoms with E-state index in [0.717, 1.165) is 50.4 Å². The normalized spacial score (nSPS) is 18.0. The lowest BCUT2D eigenvalue weighted by Gasteiger charge is -2.28. The van der Waals surface area contributed by atoms with Gasteiger partial charge in [-0.1, -0.05) is 36.4 Å². The molecule has 2 heterocycles. The minimum Gasteiger partial charge on any atom is -0.480 e. The van der Waals surface area contributed by atoms with Crippen LogP contribution >= 0.6 is 0 Å². The highest BCUT2D eigenvalue weighted by atomic mass is 16.4. The van der Waals surface area contributed by atoms with Crippen molar-refractivity contribution in [2.24, 2.45) is 0 Å². The maximum Gasteiger partial charge on any atom is 0.325 e. The lowest BCUT2D eigenvalue weighted by atomic mass is 10.1. The Labute approximate surface area is 142 Å². The van der Waals surface area contributed by atoms with E-state index in [0.29, 0.717) is 0 Å². The number of benzene rings is 1. The molecule has 0 unspecified atom stereocenters. The van der Waals surface area contributed by atoms with E-state index in [4.69, 9.17) is 0 Å². The van der Waals surface area contributed by atoms with Gasteiger partial charge in [-0.3, -0.25) is 19.6 Å². The minimum absolute atomic E-state index is 0.569. The standard InChI is InChI=1S/C19H23N3O2/c23-19(24)18(16-7-2-1-3-8-16)22-12-6-11-21(13-14-22)15-17-9-4-5-10-20-17/h1-5,7-10,18H,6,11-15H2,(H,23,24)/t18-/m0/s1. The number of hydrogen-bond acceptors (Lipinski definition) is 4. The van der Waals surface area contributed by atoms with Gasteiger partial charge in [0.25, 0.3) is 0 Å². The lowest BCUT2D eigenvalue weighted by Crippen LogP contribution is -2.37. The fourth-order valence-electron chi connectivity index (χ4n) is 3.27. The van der Waals surface area contributed by atoms with Crippen LogP contribution in [0.15, 0.2) is 54.7 Å². The topological polar surface area (TPSA) is 56.7 Å². The first-order valence-corrected chi connectivity index (χ1v) is 8.38. The first-order valence-electron chi connectivity index (χ1n) is 8.38. The van der Waals surface area contributed by atoms with E-state index < -0.39 is 12.0 Å². The molecule has 0 amide bonds. The average molecular weight is 325 g/mol. The Kier molecular flexibility index (Phi) is 5.56. The summed E-state index contributed by atoms with van der Waals surface area (Å²) in [6, 6.07) is 14.9. The fourth-order valence-corrected chi connectivity index (χ4v) is 3.27. The van der Waals surface area contributed by atoms with Crippen LogP contribution in [0.4, 0.5) is 0 Å². The molecule has 3 rings (SSSR count). The third-order valence-corrected chi connectivity index (χ3v) is 4.45. The molecule has 126 valence electrons. The number of hydrogen-bond donors (Lipinski definition) is 1.